The van der Waals surface area contributed by atoms with E-state index >= 15 is 0 Å². The van der Waals surface area contributed by atoms with Crippen LogP contribution in [0.5, 0.6) is 5.75 Å². The summed E-state index contributed by atoms with van der Waals surface area (Å²) < 4.78 is 5.96. The first-order valence-electron chi connectivity index (χ1n) is 7.26. The van der Waals surface area contributed by atoms with Crippen molar-refractivity contribution in [3.63, 3.8) is 0 Å². The van der Waals surface area contributed by atoms with E-state index in [-0.39, 0.29) is 12.7 Å². The van der Waals surface area contributed by atoms with E-state index in [0.29, 0.717) is 0 Å². The third kappa shape index (κ3) is 4.48. The summed E-state index contributed by atoms with van der Waals surface area (Å²) in [6.45, 7) is 5.19. The highest BCUT2D eigenvalue weighted by atomic mass is 16.5. The monoisotopic (exact) mass is 264 g/mol. The van der Waals surface area contributed by atoms with Crippen molar-refractivity contribution in [1.29, 1.82) is 0 Å². The molecule has 0 spiro atoms. The molecule has 0 bridgehead atoms. The summed E-state index contributed by atoms with van der Waals surface area (Å²) in [5.41, 5.74) is 1.13. The van der Waals surface area contributed by atoms with Gasteiger partial charge >= 0.3 is 0 Å². The number of piperidine rings is 1. The van der Waals surface area contributed by atoms with Gasteiger partial charge in [0.15, 0.2) is 0 Å². The minimum Gasteiger partial charge on any atom is -0.489 e. The van der Waals surface area contributed by atoms with Gasteiger partial charge in [-0.1, -0.05) is 13.3 Å². The Morgan fingerprint density at radius 2 is 2.16 bits per heavy atom. The van der Waals surface area contributed by atoms with E-state index < -0.39 is 0 Å². The predicted molar refractivity (Wildman–Crippen MR) is 75.4 cm³/mol. The van der Waals surface area contributed by atoms with E-state index in [2.05, 4.69) is 22.9 Å². The minimum atomic E-state index is 0.244. The van der Waals surface area contributed by atoms with Gasteiger partial charge in [0, 0.05) is 25.3 Å². The van der Waals surface area contributed by atoms with E-state index in [0.717, 1.165) is 56.8 Å². The van der Waals surface area contributed by atoms with Crippen LogP contribution in [0.1, 0.15) is 31.9 Å². The summed E-state index contributed by atoms with van der Waals surface area (Å²) >= 11 is 0. The summed E-state index contributed by atoms with van der Waals surface area (Å²) in [6.07, 6.45) is 6.32. The van der Waals surface area contributed by atoms with Gasteiger partial charge in [0.25, 0.3) is 0 Å². The van der Waals surface area contributed by atoms with Crippen molar-refractivity contribution in [2.45, 2.75) is 38.7 Å². The van der Waals surface area contributed by atoms with E-state index in [1.807, 2.05) is 12.3 Å². The second-order valence-electron chi connectivity index (χ2n) is 5.12. The average Bonchev–Trinajstić information content (AvgIpc) is 2.44. The van der Waals surface area contributed by atoms with Crippen molar-refractivity contribution in [2.24, 2.45) is 0 Å². The Morgan fingerprint density at radius 1 is 1.37 bits per heavy atom. The molecular formula is C15H24N2O2. The van der Waals surface area contributed by atoms with Crippen LogP contribution in [0.2, 0.25) is 0 Å². The number of pyridine rings is 1. The zero-order chi connectivity index (χ0) is 13.5. The van der Waals surface area contributed by atoms with E-state index in [9.17, 15) is 0 Å². The Bertz CT molecular complexity index is 359. The molecule has 1 aromatic rings. The Labute approximate surface area is 115 Å². The number of hydrogen-bond acceptors (Lipinski definition) is 4. The van der Waals surface area contributed by atoms with Crippen molar-refractivity contribution >= 4 is 0 Å². The molecule has 0 aliphatic carbocycles. The standard InChI is InChI=1S/C15H24N2O2/c1-2-3-13-4-5-15(12-16-13)19-14-6-8-17(9-7-14)10-11-18/h4-5,12,14,18H,2-3,6-11H2,1H3. The molecule has 1 N–H and O–H groups in total. The summed E-state index contributed by atoms with van der Waals surface area (Å²) in [7, 11) is 0. The molecule has 0 aromatic carbocycles. The van der Waals surface area contributed by atoms with Gasteiger partial charge in [0.2, 0.25) is 0 Å². The zero-order valence-corrected chi connectivity index (χ0v) is 11.7. The lowest BCUT2D eigenvalue weighted by Crippen LogP contribution is -2.39. The molecule has 0 radical (unpaired) electrons. The lowest BCUT2D eigenvalue weighted by atomic mass is 10.1. The van der Waals surface area contributed by atoms with Crippen LogP contribution in [-0.4, -0.2) is 47.3 Å². The Hall–Kier alpha value is -1.13. The molecule has 19 heavy (non-hydrogen) atoms. The van der Waals surface area contributed by atoms with Crippen molar-refractivity contribution < 1.29 is 9.84 Å². The van der Waals surface area contributed by atoms with Gasteiger partial charge in [-0.05, 0) is 31.4 Å². The fourth-order valence-corrected chi connectivity index (χ4v) is 2.47. The predicted octanol–water partition coefficient (Wildman–Crippen LogP) is 1.87. The maximum absolute atomic E-state index is 8.91. The smallest absolute Gasteiger partial charge is 0.138 e. The molecule has 1 saturated heterocycles. The minimum absolute atomic E-state index is 0.244. The number of hydrogen-bond donors (Lipinski definition) is 1. The number of nitrogens with zero attached hydrogens (tertiary/aromatic N) is 2. The number of rotatable bonds is 6. The molecule has 106 valence electrons. The number of β-amino-alcohol motifs (C(OH)–C–C–N with tert-alkyl or cyclic N) is 1. The Morgan fingerprint density at radius 3 is 2.74 bits per heavy atom. The number of aryl methyl sites for hydroxylation is 1. The third-order valence-electron chi connectivity index (χ3n) is 3.56. The SMILES string of the molecule is CCCc1ccc(OC2CCN(CCO)CC2)cn1. The number of aromatic nitrogens is 1. The number of likely N-dealkylation sites (tertiary alicyclic amines) is 1. The highest BCUT2D eigenvalue weighted by molar-refractivity contribution is 5.20. The summed E-state index contributed by atoms with van der Waals surface area (Å²) in [5, 5.41) is 8.91. The highest BCUT2D eigenvalue weighted by Gasteiger charge is 2.19. The van der Waals surface area contributed by atoms with Gasteiger partial charge in [-0.15, -0.1) is 0 Å². The first-order chi connectivity index (χ1) is 9.31. The number of aliphatic hydroxyl groups excluding tert-OH is 1. The second-order valence-corrected chi connectivity index (χ2v) is 5.12. The fraction of sp³-hybridized carbons (Fsp3) is 0.667. The summed E-state index contributed by atoms with van der Waals surface area (Å²) in [4.78, 5) is 6.69. The topological polar surface area (TPSA) is 45.6 Å². The van der Waals surface area contributed by atoms with Crippen molar-refractivity contribution in [1.82, 2.24) is 9.88 Å². The lowest BCUT2D eigenvalue weighted by molar-refractivity contribution is 0.0886. The molecule has 4 heteroatoms. The van der Waals surface area contributed by atoms with Crippen LogP contribution >= 0.6 is 0 Å². The van der Waals surface area contributed by atoms with E-state index in [1.54, 1.807) is 0 Å². The first-order valence-corrected chi connectivity index (χ1v) is 7.26. The van der Waals surface area contributed by atoms with E-state index in [4.69, 9.17) is 9.84 Å². The van der Waals surface area contributed by atoms with Gasteiger partial charge in [0.05, 0.1) is 12.8 Å². The van der Waals surface area contributed by atoms with Crippen LogP contribution < -0.4 is 4.74 Å². The quantitative estimate of drug-likeness (QED) is 0.852. The molecule has 2 rings (SSSR count). The first kappa shape index (κ1) is 14.3. The van der Waals surface area contributed by atoms with Crippen LogP contribution in [0.25, 0.3) is 0 Å². The molecule has 0 unspecified atom stereocenters. The van der Waals surface area contributed by atoms with Crippen molar-refractivity contribution in [3.05, 3.63) is 24.0 Å². The van der Waals surface area contributed by atoms with Crippen LogP contribution in [0.3, 0.4) is 0 Å². The summed E-state index contributed by atoms with van der Waals surface area (Å²) in [5.74, 6) is 0.875. The maximum Gasteiger partial charge on any atom is 0.138 e. The zero-order valence-electron chi connectivity index (χ0n) is 11.7. The van der Waals surface area contributed by atoms with E-state index in [1.165, 1.54) is 0 Å². The van der Waals surface area contributed by atoms with Crippen LogP contribution in [0, 0.1) is 0 Å². The van der Waals surface area contributed by atoms with Gasteiger partial charge in [-0.25, -0.2) is 0 Å². The molecule has 1 aliphatic rings. The maximum atomic E-state index is 8.91. The molecule has 1 fully saturated rings. The van der Waals surface area contributed by atoms with Gasteiger partial charge in [-0.2, -0.15) is 0 Å². The van der Waals surface area contributed by atoms with Crippen LogP contribution in [0.15, 0.2) is 18.3 Å². The molecule has 0 amide bonds. The molecule has 0 saturated carbocycles. The molecule has 0 atom stereocenters. The largest absolute Gasteiger partial charge is 0.489 e. The van der Waals surface area contributed by atoms with Crippen LogP contribution in [0.4, 0.5) is 0 Å². The number of aliphatic hydroxyl groups is 1. The van der Waals surface area contributed by atoms with Crippen molar-refractivity contribution in [2.75, 3.05) is 26.2 Å². The highest BCUT2D eigenvalue weighted by Crippen LogP contribution is 2.18. The second kappa shape index (κ2) is 7.46. The Balaban J connectivity index is 1.78. The molecule has 1 aliphatic heterocycles. The van der Waals surface area contributed by atoms with Crippen LogP contribution in [-0.2, 0) is 6.42 Å². The molecular weight excluding hydrogens is 240 g/mol. The lowest BCUT2D eigenvalue weighted by Gasteiger charge is -2.31. The van der Waals surface area contributed by atoms with Crippen molar-refractivity contribution in [3.8, 4) is 5.75 Å². The van der Waals surface area contributed by atoms with Gasteiger partial charge in [-0.3, -0.25) is 4.98 Å². The number of ether oxygens (including phenoxy) is 1. The average molecular weight is 264 g/mol. The fourth-order valence-electron chi connectivity index (χ4n) is 2.47. The molecule has 1 aromatic heterocycles. The third-order valence-corrected chi connectivity index (χ3v) is 3.56. The summed E-state index contributed by atoms with van der Waals surface area (Å²) in [6, 6.07) is 4.08. The Kier molecular flexibility index (Phi) is 5.61. The van der Waals surface area contributed by atoms with Gasteiger partial charge < -0.3 is 14.7 Å². The molecule has 2 heterocycles. The van der Waals surface area contributed by atoms with Gasteiger partial charge in [0.1, 0.15) is 11.9 Å². The normalized spacial score (nSPS) is 17.6. The molecule has 4 nitrogen and oxygen atoms in total.